The van der Waals surface area contributed by atoms with E-state index in [9.17, 15) is 0 Å². The quantitative estimate of drug-likeness (QED) is 0.197. The van der Waals surface area contributed by atoms with Crippen molar-refractivity contribution in [1.29, 1.82) is 0 Å². The molecular weight excluding hydrogens is 482 g/mol. The van der Waals surface area contributed by atoms with Gasteiger partial charge in [-0.15, -0.1) is 0 Å². The Hall–Kier alpha value is 0.679. The van der Waals surface area contributed by atoms with Gasteiger partial charge in [-0.3, -0.25) is 0 Å². The molecule has 0 amide bonds. The van der Waals surface area contributed by atoms with E-state index in [1.54, 1.807) is 12.1 Å². The molecule has 31 heavy (non-hydrogen) atoms. The molecule has 0 unspecified atom stereocenters. The van der Waals surface area contributed by atoms with Crippen LogP contribution < -0.4 is 0 Å². The number of rotatable bonds is 0. The summed E-state index contributed by atoms with van der Waals surface area (Å²) >= 11 is 0. The first-order valence-electron chi connectivity index (χ1n) is 10.3. The van der Waals surface area contributed by atoms with E-state index in [2.05, 4.69) is 61.9 Å². The SMILES string of the molecule is CN1CC[N+]2(C)CCN(C)C[C-]2C1.CN1CC[N+]2(C)CCN(C)C[C-]2C1.O.O.O.[3HH].[3HH].[Mn+3].[Mn+3]. The van der Waals surface area contributed by atoms with Gasteiger partial charge in [0, 0.05) is 43.1 Å². The molecule has 0 radical (unpaired) electrons. The van der Waals surface area contributed by atoms with Crippen molar-refractivity contribution in [2.75, 3.05) is 121 Å². The number of hydrogen-bond donors (Lipinski definition) is 0. The van der Waals surface area contributed by atoms with Gasteiger partial charge < -0.3 is 45.0 Å². The zero-order valence-electron chi connectivity index (χ0n) is 20.4. The second kappa shape index (κ2) is 14.8. The molecule has 0 saturated carbocycles. The van der Waals surface area contributed by atoms with E-state index in [1.807, 2.05) is 0 Å². The molecule has 0 spiro atoms. The second-order valence-corrected chi connectivity index (χ2v) is 9.77. The van der Waals surface area contributed by atoms with Crippen molar-refractivity contribution >= 4 is 0 Å². The topological polar surface area (TPSA) is 107 Å². The maximum absolute atomic E-state index is 2.44. The summed E-state index contributed by atoms with van der Waals surface area (Å²) in [5, 5.41) is 0. The molecule has 4 fully saturated rings. The summed E-state index contributed by atoms with van der Waals surface area (Å²) in [6.07, 6.45) is 0. The first-order chi connectivity index (χ1) is 12.2. The zero-order chi connectivity index (χ0) is 18.9. The van der Waals surface area contributed by atoms with Crippen LogP contribution >= 0.6 is 0 Å². The van der Waals surface area contributed by atoms with Crippen molar-refractivity contribution in [3.8, 4) is 0 Å². The van der Waals surface area contributed by atoms with Crippen LogP contribution in [0.3, 0.4) is 0 Å². The molecule has 0 bridgehead atoms. The molecule has 188 valence electrons. The van der Waals surface area contributed by atoms with E-state index in [0.29, 0.717) is 0 Å². The maximum Gasteiger partial charge on any atom is 3.00 e. The van der Waals surface area contributed by atoms with Crippen LogP contribution in [0.1, 0.15) is 2.85 Å². The first-order valence-corrected chi connectivity index (χ1v) is 10.3. The summed E-state index contributed by atoms with van der Waals surface area (Å²) in [7, 11) is 13.7. The van der Waals surface area contributed by atoms with Gasteiger partial charge in [-0.1, -0.05) is 38.3 Å². The fourth-order valence-corrected chi connectivity index (χ4v) is 4.77. The summed E-state index contributed by atoms with van der Waals surface area (Å²) in [6.45, 7) is 15.0. The predicted molar refractivity (Wildman–Crippen MR) is 123 cm³/mol. The molecule has 0 atom stereocenters. The van der Waals surface area contributed by atoms with E-state index < -0.39 is 0 Å². The molecule has 0 aromatic heterocycles. The van der Waals surface area contributed by atoms with Crippen molar-refractivity contribution in [2.45, 2.75) is 0 Å². The Morgan fingerprint density at radius 2 is 0.710 bits per heavy atom. The van der Waals surface area contributed by atoms with Crippen LogP contribution in [0.2, 0.25) is 0 Å². The van der Waals surface area contributed by atoms with Gasteiger partial charge >= 0.3 is 34.1 Å². The molecule has 4 heterocycles. The average molecular weight is 539 g/mol. The van der Waals surface area contributed by atoms with Gasteiger partial charge in [0.1, 0.15) is 0 Å². The number of piperazine rings is 4. The zero-order valence-corrected chi connectivity index (χ0v) is 22.8. The summed E-state index contributed by atoms with van der Waals surface area (Å²) < 4.78 is 2.46. The van der Waals surface area contributed by atoms with E-state index >= 15 is 0 Å². The van der Waals surface area contributed by atoms with Crippen LogP contribution in [0.4, 0.5) is 0 Å². The van der Waals surface area contributed by atoms with Gasteiger partial charge in [-0.2, -0.15) is 0 Å². The minimum atomic E-state index is 0. The number of likely N-dealkylation sites (N-methyl/N-ethyl adjacent to an activating group) is 6. The third kappa shape index (κ3) is 9.09. The van der Waals surface area contributed by atoms with E-state index in [0.717, 1.165) is 0 Å². The molecule has 0 aliphatic carbocycles. The van der Waals surface area contributed by atoms with Crippen LogP contribution in [0.25, 0.3) is 0 Å². The molecule has 9 nitrogen and oxygen atoms in total. The van der Waals surface area contributed by atoms with Crippen molar-refractivity contribution in [2.24, 2.45) is 0 Å². The number of fused-ring (bicyclic) bond motifs is 2. The maximum atomic E-state index is 2.44. The largest absolute Gasteiger partial charge is 3.00 e. The van der Waals surface area contributed by atoms with Gasteiger partial charge in [0.05, 0.1) is 26.2 Å². The fourth-order valence-electron chi connectivity index (χ4n) is 4.77. The summed E-state index contributed by atoms with van der Waals surface area (Å²) in [6, 6.07) is 3.39. The van der Waals surface area contributed by atoms with E-state index in [4.69, 9.17) is 0 Å². The van der Waals surface area contributed by atoms with Gasteiger partial charge in [0.25, 0.3) is 0 Å². The van der Waals surface area contributed by atoms with Crippen molar-refractivity contribution in [3.05, 3.63) is 12.1 Å². The van der Waals surface area contributed by atoms with Crippen LogP contribution in [0.15, 0.2) is 0 Å². The normalized spacial score (nSPS) is 26.5. The molecule has 6 N–H and O–H groups in total. The van der Waals surface area contributed by atoms with Crippen molar-refractivity contribution in [1.82, 2.24) is 19.6 Å². The van der Waals surface area contributed by atoms with Crippen LogP contribution in [-0.2, 0) is 34.1 Å². The molecule has 4 aliphatic heterocycles. The van der Waals surface area contributed by atoms with Gasteiger partial charge in [-0.25, -0.2) is 0 Å². The number of quaternary nitrogens is 2. The second-order valence-electron chi connectivity index (χ2n) is 9.77. The monoisotopic (exact) mass is 538 g/mol. The Balaban J connectivity index is -0.000000131. The van der Waals surface area contributed by atoms with Gasteiger partial charge in [0.2, 0.25) is 0 Å². The average Bonchev–Trinajstić information content (AvgIpc) is 2.58. The number of nitrogens with zero attached hydrogens (tertiary/aromatic N) is 6. The smallest absolute Gasteiger partial charge is 0.451 e. The third-order valence-corrected chi connectivity index (χ3v) is 7.24. The molecule has 4 aliphatic rings. The molecule has 11 heteroatoms. The summed E-state index contributed by atoms with van der Waals surface area (Å²) in [5.41, 5.74) is 0. The minimum absolute atomic E-state index is 0. The Labute approximate surface area is 214 Å². The Kier molecular flexibility index (Phi) is 17.3. The van der Waals surface area contributed by atoms with Crippen molar-refractivity contribution in [3.63, 3.8) is 0 Å². The molecular formula is C20H52Mn2N6O3+6. The summed E-state index contributed by atoms with van der Waals surface area (Å²) in [4.78, 5) is 9.76. The molecule has 0 aromatic carbocycles. The Morgan fingerprint density at radius 3 is 0.903 bits per heavy atom. The van der Waals surface area contributed by atoms with E-state index in [1.165, 1.54) is 87.5 Å². The van der Waals surface area contributed by atoms with Crippen LogP contribution in [0.5, 0.6) is 0 Å². The van der Waals surface area contributed by atoms with Gasteiger partial charge in [0.15, 0.2) is 0 Å². The third-order valence-electron chi connectivity index (χ3n) is 7.24. The Morgan fingerprint density at radius 1 is 0.516 bits per heavy atom. The van der Waals surface area contributed by atoms with Crippen molar-refractivity contribution < 1.29 is 62.4 Å². The standard InChI is InChI=1S/2C10H21N3.2Mn.3H2O.2H2/c2*1-11-4-6-13(3)7-5-12(2)9-10(13)8-11;;;;;;;/h2*4-9H2,1-3H3;;;3*1H2;2*1H/q;;2*+3;;;;;/i;;;;;;;2*1+2. The van der Waals surface area contributed by atoms with Crippen LogP contribution in [0, 0.1) is 12.1 Å². The first kappa shape index (κ1) is 36.3. The van der Waals surface area contributed by atoms with Crippen LogP contribution in [-0.4, -0.2) is 166 Å². The Bertz CT molecular complexity index is 431. The molecule has 0 aromatic rings. The molecule has 4 saturated heterocycles. The van der Waals surface area contributed by atoms with Gasteiger partial charge in [-0.05, 0) is 28.2 Å². The number of hydrogen-bond acceptors (Lipinski definition) is 4. The molecule has 4 rings (SSSR count). The summed E-state index contributed by atoms with van der Waals surface area (Å²) in [5.74, 6) is 0. The predicted octanol–water partition coefficient (Wildman–Crippen LogP) is -2.28. The fraction of sp³-hybridized carbons (Fsp3) is 0.900. The minimum Gasteiger partial charge on any atom is -0.451 e. The van der Waals surface area contributed by atoms with E-state index in [-0.39, 0.29) is 53.4 Å².